The van der Waals surface area contributed by atoms with E-state index in [0.29, 0.717) is 11.6 Å². The summed E-state index contributed by atoms with van der Waals surface area (Å²) in [6, 6.07) is 23.6. The Hall–Kier alpha value is -3.30. The van der Waals surface area contributed by atoms with Gasteiger partial charge < -0.3 is 9.84 Å². The van der Waals surface area contributed by atoms with E-state index in [1.807, 2.05) is 79.7 Å². The number of benzene rings is 3. The third-order valence-corrected chi connectivity index (χ3v) is 5.43. The first-order chi connectivity index (χ1) is 14.5. The predicted octanol–water partition coefficient (Wildman–Crippen LogP) is 6.72. The van der Waals surface area contributed by atoms with Gasteiger partial charge in [-0.3, -0.25) is 4.79 Å². The average molecular weight is 417 g/mol. The van der Waals surface area contributed by atoms with Crippen molar-refractivity contribution in [3.8, 4) is 5.75 Å². The molecule has 0 aliphatic heterocycles. The molecule has 4 heteroatoms. The molecule has 3 aromatic carbocycles. The summed E-state index contributed by atoms with van der Waals surface area (Å²) < 4.78 is 5.95. The van der Waals surface area contributed by atoms with E-state index in [1.54, 1.807) is 0 Å². The second-order valence-electron chi connectivity index (χ2n) is 7.27. The van der Waals surface area contributed by atoms with Crippen molar-refractivity contribution in [3.63, 3.8) is 0 Å². The molecule has 1 aliphatic carbocycles. The summed E-state index contributed by atoms with van der Waals surface area (Å²) in [5.74, 6) is -0.0669. The maximum Gasteiger partial charge on any atom is 0.307 e. The van der Waals surface area contributed by atoms with Crippen molar-refractivity contribution >= 4 is 34.8 Å². The molecule has 4 rings (SSSR count). The van der Waals surface area contributed by atoms with Gasteiger partial charge in [0.2, 0.25) is 0 Å². The zero-order valence-electron chi connectivity index (χ0n) is 16.6. The fourth-order valence-electron chi connectivity index (χ4n) is 3.73. The van der Waals surface area contributed by atoms with E-state index in [9.17, 15) is 9.90 Å². The van der Waals surface area contributed by atoms with Crippen LogP contribution < -0.4 is 4.74 Å². The average Bonchev–Trinajstić information content (AvgIpc) is 2.98. The molecule has 1 aliphatic rings. The lowest BCUT2D eigenvalue weighted by molar-refractivity contribution is -0.135. The molecule has 0 radical (unpaired) electrons. The molecule has 150 valence electrons. The zero-order chi connectivity index (χ0) is 21.1. The van der Waals surface area contributed by atoms with Crippen LogP contribution in [0.4, 0.5) is 0 Å². The molecule has 1 N–H and O–H groups in total. The molecule has 3 aromatic rings. The normalized spacial score (nSPS) is 14.1. The number of ether oxygens (including phenoxy) is 1. The minimum atomic E-state index is -0.854. The van der Waals surface area contributed by atoms with Crippen molar-refractivity contribution in [1.82, 2.24) is 0 Å². The van der Waals surface area contributed by atoms with Crippen LogP contribution in [0.3, 0.4) is 0 Å². The molecular formula is C26H21ClO3. The number of allylic oxidation sites excluding steroid dienone is 2. The third-order valence-electron chi connectivity index (χ3n) is 5.20. The van der Waals surface area contributed by atoms with E-state index in [0.717, 1.165) is 44.7 Å². The summed E-state index contributed by atoms with van der Waals surface area (Å²) >= 11 is 6.18. The number of fused-ring (bicyclic) bond motifs is 1. The van der Waals surface area contributed by atoms with E-state index in [2.05, 4.69) is 6.08 Å². The van der Waals surface area contributed by atoms with Gasteiger partial charge in [-0.15, -0.1) is 0 Å². The summed E-state index contributed by atoms with van der Waals surface area (Å²) in [6.07, 6.45) is 2.04. The van der Waals surface area contributed by atoms with Crippen LogP contribution in [-0.2, 0) is 11.4 Å². The van der Waals surface area contributed by atoms with Crippen LogP contribution in [0.25, 0.3) is 17.2 Å². The number of carboxylic acids is 1. The van der Waals surface area contributed by atoms with Crippen LogP contribution in [0.1, 0.15) is 35.6 Å². The Balaban J connectivity index is 1.66. The van der Waals surface area contributed by atoms with Gasteiger partial charge in [-0.1, -0.05) is 60.1 Å². The van der Waals surface area contributed by atoms with Crippen LogP contribution in [-0.4, -0.2) is 11.1 Å². The first-order valence-corrected chi connectivity index (χ1v) is 10.1. The lowest BCUT2D eigenvalue weighted by Crippen LogP contribution is -1.96. The van der Waals surface area contributed by atoms with Crippen molar-refractivity contribution in [2.24, 2.45) is 0 Å². The monoisotopic (exact) mass is 416 g/mol. The highest BCUT2D eigenvalue weighted by atomic mass is 35.5. The molecular weight excluding hydrogens is 396 g/mol. The number of hydrogen-bond acceptors (Lipinski definition) is 2. The fourth-order valence-corrected chi connectivity index (χ4v) is 3.91. The predicted molar refractivity (Wildman–Crippen MR) is 121 cm³/mol. The Kier molecular flexibility index (Phi) is 5.73. The Morgan fingerprint density at radius 3 is 2.57 bits per heavy atom. The maximum absolute atomic E-state index is 11.4. The summed E-state index contributed by atoms with van der Waals surface area (Å²) in [7, 11) is 0. The van der Waals surface area contributed by atoms with E-state index in [1.165, 1.54) is 0 Å². The minimum Gasteiger partial charge on any atom is -0.489 e. The second-order valence-corrected chi connectivity index (χ2v) is 7.71. The standard InChI is InChI=1S/C26H21ClO3/c1-17-23(22-11-10-20(27)14-25(22)24(17)15-26(28)29)13-19-8-5-9-21(12-19)30-16-18-6-3-2-4-7-18/h2-14H,15-16H2,1H3,(H,28,29)/b23-13-. The molecule has 3 nitrogen and oxygen atoms in total. The molecule has 0 bridgehead atoms. The van der Waals surface area contributed by atoms with Crippen molar-refractivity contribution < 1.29 is 14.6 Å². The van der Waals surface area contributed by atoms with Gasteiger partial charge in [0, 0.05) is 5.02 Å². The number of carbonyl (C=O) groups is 1. The van der Waals surface area contributed by atoms with Crippen LogP contribution in [0, 0.1) is 0 Å². The molecule has 0 atom stereocenters. The number of halogens is 1. The van der Waals surface area contributed by atoms with Crippen molar-refractivity contribution in [2.75, 3.05) is 0 Å². The third kappa shape index (κ3) is 4.32. The van der Waals surface area contributed by atoms with Crippen molar-refractivity contribution in [2.45, 2.75) is 20.0 Å². The van der Waals surface area contributed by atoms with E-state index in [-0.39, 0.29) is 6.42 Å². The van der Waals surface area contributed by atoms with Gasteiger partial charge in [-0.2, -0.15) is 0 Å². The minimum absolute atomic E-state index is 0.0310. The molecule has 0 saturated heterocycles. The first-order valence-electron chi connectivity index (χ1n) is 9.72. The van der Waals surface area contributed by atoms with Gasteiger partial charge in [0.05, 0.1) is 6.42 Å². The van der Waals surface area contributed by atoms with E-state index >= 15 is 0 Å². The zero-order valence-corrected chi connectivity index (χ0v) is 17.3. The summed E-state index contributed by atoms with van der Waals surface area (Å²) in [6.45, 7) is 2.47. The Bertz CT molecular complexity index is 1160. The molecule has 30 heavy (non-hydrogen) atoms. The number of carboxylic acid groups (broad SMARTS) is 1. The number of aliphatic carboxylic acids is 1. The van der Waals surface area contributed by atoms with Gasteiger partial charge in [-0.25, -0.2) is 0 Å². The van der Waals surface area contributed by atoms with Crippen molar-refractivity contribution in [3.05, 3.63) is 106 Å². The number of rotatable bonds is 6. The smallest absolute Gasteiger partial charge is 0.307 e. The maximum atomic E-state index is 11.4. The molecule has 0 saturated carbocycles. The van der Waals surface area contributed by atoms with Crippen LogP contribution >= 0.6 is 11.6 Å². The Morgan fingerprint density at radius 2 is 1.80 bits per heavy atom. The van der Waals surface area contributed by atoms with Gasteiger partial charge in [-0.05, 0) is 76.2 Å². The van der Waals surface area contributed by atoms with Crippen LogP contribution in [0.5, 0.6) is 5.75 Å². The Morgan fingerprint density at radius 1 is 1.00 bits per heavy atom. The van der Waals surface area contributed by atoms with E-state index in [4.69, 9.17) is 16.3 Å². The lowest BCUT2D eigenvalue weighted by atomic mass is 10.0. The highest BCUT2D eigenvalue weighted by Gasteiger charge is 2.25. The SMILES string of the molecule is CC1=C(CC(=O)O)c2cc(Cl)ccc2/C1=C\c1cccc(OCc2ccccc2)c1. The summed E-state index contributed by atoms with van der Waals surface area (Å²) in [5, 5.41) is 9.95. The number of hydrogen-bond donors (Lipinski definition) is 1. The van der Waals surface area contributed by atoms with Crippen LogP contribution in [0.15, 0.2) is 78.4 Å². The first kappa shape index (κ1) is 20.0. The molecule has 0 amide bonds. The molecule has 0 unspecified atom stereocenters. The summed E-state index contributed by atoms with van der Waals surface area (Å²) in [4.78, 5) is 11.4. The van der Waals surface area contributed by atoms with Gasteiger partial charge >= 0.3 is 5.97 Å². The second kappa shape index (κ2) is 8.60. The topological polar surface area (TPSA) is 46.5 Å². The van der Waals surface area contributed by atoms with Crippen molar-refractivity contribution in [1.29, 1.82) is 0 Å². The Labute approximate surface area is 180 Å². The van der Waals surface area contributed by atoms with Gasteiger partial charge in [0.1, 0.15) is 12.4 Å². The molecule has 0 spiro atoms. The summed E-state index contributed by atoms with van der Waals surface area (Å²) in [5.41, 5.74) is 6.78. The van der Waals surface area contributed by atoms with Gasteiger partial charge in [0.15, 0.2) is 0 Å². The highest BCUT2D eigenvalue weighted by molar-refractivity contribution is 6.31. The molecule has 0 aromatic heterocycles. The van der Waals surface area contributed by atoms with E-state index < -0.39 is 5.97 Å². The van der Waals surface area contributed by atoms with Crippen LogP contribution in [0.2, 0.25) is 5.02 Å². The lowest BCUT2D eigenvalue weighted by Gasteiger charge is -2.08. The fraction of sp³-hybridized carbons (Fsp3) is 0.115. The largest absolute Gasteiger partial charge is 0.489 e. The highest BCUT2D eigenvalue weighted by Crippen LogP contribution is 2.44. The van der Waals surface area contributed by atoms with Gasteiger partial charge in [0.25, 0.3) is 0 Å². The quantitative estimate of drug-likeness (QED) is 0.485. The molecule has 0 heterocycles. The molecule has 0 fully saturated rings.